The summed E-state index contributed by atoms with van der Waals surface area (Å²) in [7, 11) is 0. The molecule has 4 heteroatoms. The standard InChI is InChI=1S/C38H25ClN2S/c39-36-31(21-22-34-35(36)30-20-19-25-10-6-7-14-29(25)37(30)42-34)38-40-32(26-11-2-1-3-12-26)15-8-16-33(41-38)28-18-17-24-9-4-5-13-27(24)23-28/h1-7,9-15,17-23H,8,16H2/b32-15-,40-38?,41-33?. The molecule has 0 unspecified atom stereocenters. The van der Waals surface area contributed by atoms with E-state index in [0.29, 0.717) is 10.9 Å². The SMILES string of the molecule is Clc1c(C2=N/C(c3ccccc3)=C\CCC(c3ccc4ccccc4c3)=N2)ccc2sc3c4ccccc4ccc3c12. The van der Waals surface area contributed by atoms with E-state index in [0.717, 1.165) is 46.3 Å². The number of amidine groups is 1. The van der Waals surface area contributed by atoms with Gasteiger partial charge in [-0.1, -0.05) is 121 Å². The van der Waals surface area contributed by atoms with Crippen LogP contribution in [0.25, 0.3) is 47.4 Å². The Morgan fingerprint density at radius 3 is 2.26 bits per heavy atom. The first kappa shape index (κ1) is 25.2. The lowest BCUT2D eigenvalue weighted by Gasteiger charge is -2.15. The van der Waals surface area contributed by atoms with Crippen molar-refractivity contribution in [2.24, 2.45) is 9.98 Å². The van der Waals surface area contributed by atoms with Gasteiger partial charge in [-0.3, -0.25) is 0 Å². The van der Waals surface area contributed by atoms with Crippen LogP contribution in [0.2, 0.25) is 5.02 Å². The van der Waals surface area contributed by atoms with Gasteiger partial charge in [-0.05, 0) is 63.7 Å². The van der Waals surface area contributed by atoms with Gasteiger partial charge < -0.3 is 0 Å². The number of allylic oxidation sites excluding steroid dienone is 1. The molecular weight excluding hydrogens is 552 g/mol. The summed E-state index contributed by atoms with van der Waals surface area (Å²) in [5, 5.41) is 7.85. The maximum atomic E-state index is 7.34. The van der Waals surface area contributed by atoms with Crippen molar-refractivity contribution in [3.05, 3.63) is 149 Å². The largest absolute Gasteiger partial charge is 0.232 e. The topological polar surface area (TPSA) is 24.7 Å². The van der Waals surface area contributed by atoms with Gasteiger partial charge in [0.05, 0.1) is 16.4 Å². The highest BCUT2D eigenvalue weighted by molar-refractivity contribution is 7.26. The molecular formula is C38H25ClN2S. The van der Waals surface area contributed by atoms with E-state index in [9.17, 15) is 0 Å². The second-order valence-corrected chi connectivity index (χ2v) is 12.0. The van der Waals surface area contributed by atoms with E-state index in [1.54, 1.807) is 11.3 Å². The van der Waals surface area contributed by atoms with Crippen molar-refractivity contribution in [3.8, 4) is 0 Å². The van der Waals surface area contributed by atoms with Crippen LogP contribution in [0.15, 0.2) is 137 Å². The van der Waals surface area contributed by atoms with Crippen LogP contribution in [0.5, 0.6) is 0 Å². The normalized spacial score (nSPS) is 15.3. The number of benzene rings is 6. The molecule has 0 fully saturated rings. The average Bonchev–Trinajstić information content (AvgIpc) is 3.42. The van der Waals surface area contributed by atoms with Crippen molar-refractivity contribution < 1.29 is 0 Å². The van der Waals surface area contributed by atoms with E-state index in [2.05, 4.69) is 121 Å². The lowest BCUT2D eigenvalue weighted by atomic mass is 9.99. The third kappa shape index (κ3) is 4.34. The predicted molar refractivity (Wildman–Crippen MR) is 183 cm³/mol. The number of aliphatic imine (C=N–C) groups is 2. The first-order valence-electron chi connectivity index (χ1n) is 14.2. The highest BCUT2D eigenvalue weighted by atomic mass is 35.5. The van der Waals surface area contributed by atoms with Gasteiger partial charge in [-0.15, -0.1) is 11.3 Å². The number of thiophene rings is 1. The molecule has 0 N–H and O–H groups in total. The molecule has 0 bridgehead atoms. The Kier molecular flexibility index (Phi) is 6.21. The number of hydrogen-bond acceptors (Lipinski definition) is 3. The maximum absolute atomic E-state index is 7.34. The van der Waals surface area contributed by atoms with E-state index in [-0.39, 0.29) is 0 Å². The molecule has 0 aliphatic carbocycles. The molecule has 1 aromatic heterocycles. The summed E-state index contributed by atoms with van der Waals surface area (Å²) in [5.74, 6) is 0.639. The van der Waals surface area contributed by atoms with Crippen LogP contribution < -0.4 is 0 Å². The minimum atomic E-state index is 0.639. The van der Waals surface area contributed by atoms with Crippen LogP contribution in [0.3, 0.4) is 0 Å². The van der Waals surface area contributed by atoms with Crippen LogP contribution >= 0.6 is 22.9 Å². The van der Waals surface area contributed by atoms with Gasteiger partial charge in [-0.25, -0.2) is 9.98 Å². The molecule has 7 aromatic rings. The van der Waals surface area contributed by atoms with E-state index in [1.807, 2.05) is 6.07 Å². The number of rotatable bonds is 3. The molecule has 0 radical (unpaired) electrons. The highest BCUT2D eigenvalue weighted by Crippen LogP contribution is 2.43. The molecule has 0 spiro atoms. The van der Waals surface area contributed by atoms with Crippen LogP contribution in [0.1, 0.15) is 29.5 Å². The molecule has 0 saturated carbocycles. The van der Waals surface area contributed by atoms with Crippen molar-refractivity contribution in [2.45, 2.75) is 12.8 Å². The molecule has 0 atom stereocenters. The van der Waals surface area contributed by atoms with E-state index in [1.165, 1.54) is 36.3 Å². The lowest BCUT2D eigenvalue weighted by molar-refractivity contribution is 1.09. The average molecular weight is 577 g/mol. The second-order valence-electron chi connectivity index (χ2n) is 10.6. The highest BCUT2D eigenvalue weighted by Gasteiger charge is 2.19. The van der Waals surface area contributed by atoms with Crippen molar-refractivity contribution in [3.63, 3.8) is 0 Å². The quantitative estimate of drug-likeness (QED) is 0.200. The molecule has 1 aliphatic rings. The Balaban J connectivity index is 1.35. The van der Waals surface area contributed by atoms with E-state index >= 15 is 0 Å². The van der Waals surface area contributed by atoms with Gasteiger partial charge in [0, 0.05) is 25.7 Å². The Morgan fingerprint density at radius 2 is 1.38 bits per heavy atom. The van der Waals surface area contributed by atoms with Crippen molar-refractivity contribution >= 4 is 81.9 Å². The molecule has 6 aromatic carbocycles. The summed E-state index contributed by atoms with van der Waals surface area (Å²) in [6.45, 7) is 0. The van der Waals surface area contributed by atoms with Crippen LogP contribution in [-0.4, -0.2) is 11.5 Å². The smallest absolute Gasteiger partial charge is 0.161 e. The third-order valence-corrected chi connectivity index (χ3v) is 9.64. The number of fused-ring (bicyclic) bond motifs is 6. The van der Waals surface area contributed by atoms with Gasteiger partial charge >= 0.3 is 0 Å². The molecule has 0 saturated heterocycles. The van der Waals surface area contributed by atoms with Crippen molar-refractivity contribution in [1.82, 2.24) is 0 Å². The predicted octanol–water partition coefficient (Wildman–Crippen LogP) is 11.1. The summed E-state index contributed by atoms with van der Waals surface area (Å²) in [4.78, 5) is 10.5. The third-order valence-electron chi connectivity index (χ3n) is 8.04. The minimum absolute atomic E-state index is 0.639. The molecule has 2 nitrogen and oxygen atoms in total. The summed E-state index contributed by atoms with van der Waals surface area (Å²) in [6.07, 6.45) is 3.88. The van der Waals surface area contributed by atoms with Crippen molar-refractivity contribution in [2.75, 3.05) is 0 Å². The summed E-state index contributed by atoms with van der Waals surface area (Å²) < 4.78 is 2.42. The Bertz CT molecular complexity index is 2260. The molecule has 0 amide bonds. The summed E-state index contributed by atoms with van der Waals surface area (Å²) in [5.41, 5.74) is 4.97. The molecule has 8 rings (SSSR count). The number of nitrogens with zero attached hydrogens (tertiary/aromatic N) is 2. The molecule has 2 heterocycles. The fourth-order valence-electron chi connectivity index (χ4n) is 5.93. The Hall–Kier alpha value is -4.57. The summed E-state index contributed by atoms with van der Waals surface area (Å²) in [6, 6.07) is 42.6. The monoisotopic (exact) mass is 576 g/mol. The molecule has 42 heavy (non-hydrogen) atoms. The zero-order chi connectivity index (χ0) is 28.0. The zero-order valence-electron chi connectivity index (χ0n) is 22.7. The van der Waals surface area contributed by atoms with E-state index in [4.69, 9.17) is 21.6 Å². The lowest BCUT2D eigenvalue weighted by Crippen LogP contribution is -2.10. The Labute approximate surface area is 253 Å². The van der Waals surface area contributed by atoms with Crippen molar-refractivity contribution in [1.29, 1.82) is 0 Å². The second kappa shape index (κ2) is 10.4. The van der Waals surface area contributed by atoms with Gasteiger partial charge in [0.15, 0.2) is 5.84 Å². The van der Waals surface area contributed by atoms with Gasteiger partial charge in [0.1, 0.15) is 0 Å². The van der Waals surface area contributed by atoms with Gasteiger partial charge in [-0.2, -0.15) is 0 Å². The van der Waals surface area contributed by atoms with E-state index < -0.39 is 0 Å². The van der Waals surface area contributed by atoms with Crippen LogP contribution in [0.4, 0.5) is 0 Å². The summed E-state index contributed by atoms with van der Waals surface area (Å²) >= 11 is 9.14. The fourth-order valence-corrected chi connectivity index (χ4v) is 7.58. The zero-order valence-corrected chi connectivity index (χ0v) is 24.3. The van der Waals surface area contributed by atoms with Crippen LogP contribution in [0, 0.1) is 0 Å². The maximum Gasteiger partial charge on any atom is 0.161 e. The first-order chi connectivity index (χ1) is 20.7. The minimum Gasteiger partial charge on any atom is -0.232 e. The molecule has 200 valence electrons. The van der Waals surface area contributed by atoms with Crippen LogP contribution in [-0.2, 0) is 0 Å². The number of halogens is 1. The fraction of sp³-hybridized carbons (Fsp3) is 0.0526. The van der Waals surface area contributed by atoms with Gasteiger partial charge in [0.25, 0.3) is 0 Å². The molecule has 1 aliphatic heterocycles. The Morgan fingerprint density at radius 1 is 0.619 bits per heavy atom. The first-order valence-corrected chi connectivity index (χ1v) is 15.4. The van der Waals surface area contributed by atoms with Gasteiger partial charge in [0.2, 0.25) is 0 Å². The number of hydrogen-bond donors (Lipinski definition) is 0.